The lowest BCUT2D eigenvalue weighted by Crippen LogP contribution is -2.77. The van der Waals surface area contributed by atoms with Crippen molar-refractivity contribution < 1.29 is 8.85 Å². The van der Waals surface area contributed by atoms with Gasteiger partial charge >= 0.3 is 8.08 Å². The Morgan fingerprint density at radius 3 is 1.25 bits per heavy atom. The maximum absolute atomic E-state index is 6.60. The van der Waals surface area contributed by atoms with E-state index >= 15 is 0 Å². The Balaban J connectivity index is 2.67. The highest BCUT2D eigenvalue weighted by molar-refractivity contribution is 7.47. The third-order valence-corrected chi connectivity index (χ3v) is 19.1. The second-order valence-electron chi connectivity index (χ2n) is 7.14. The average Bonchev–Trinajstić information content (AvgIpc) is 2.54. The van der Waals surface area contributed by atoms with Crippen molar-refractivity contribution >= 4 is 26.0 Å². The maximum Gasteiger partial charge on any atom is 0.324 e. The molecule has 0 aliphatic heterocycles. The van der Waals surface area contributed by atoms with Gasteiger partial charge in [0.1, 0.15) is 0 Å². The minimum atomic E-state index is -2.47. The summed E-state index contributed by atoms with van der Waals surface area (Å²) in [6, 6.07) is 21.7. The minimum Gasteiger partial charge on any atom is -0.394 e. The first-order valence-corrected chi connectivity index (χ1v) is 14.6. The number of hydrogen-bond acceptors (Lipinski definition) is 2. The third-order valence-electron chi connectivity index (χ3n) is 4.53. The van der Waals surface area contributed by atoms with Gasteiger partial charge in [-0.3, -0.25) is 0 Å². The Labute approximate surface area is 148 Å². The van der Waals surface area contributed by atoms with Gasteiger partial charge in [0.05, 0.1) is 0 Å². The van der Waals surface area contributed by atoms with Crippen LogP contribution in [0.4, 0.5) is 0 Å². The zero-order valence-electron chi connectivity index (χ0n) is 15.7. The number of benzene rings is 2. The van der Waals surface area contributed by atoms with E-state index in [1.165, 1.54) is 10.4 Å². The summed E-state index contributed by atoms with van der Waals surface area (Å²) in [5.41, 5.74) is 0. The van der Waals surface area contributed by atoms with E-state index in [1.54, 1.807) is 0 Å². The molecule has 0 aliphatic carbocycles. The lowest BCUT2D eigenvalue weighted by Gasteiger charge is -2.44. The Morgan fingerprint density at radius 1 is 0.625 bits per heavy atom. The topological polar surface area (TPSA) is 18.5 Å². The lowest BCUT2D eigenvalue weighted by molar-refractivity contribution is 0.124. The second kappa shape index (κ2) is 7.78. The van der Waals surface area contributed by atoms with E-state index in [0.717, 1.165) is 0 Å². The predicted octanol–water partition coefficient (Wildman–Crippen LogP) is 3.88. The molecule has 0 atom stereocenters. The molecule has 0 saturated carbocycles. The Morgan fingerprint density at radius 2 is 0.958 bits per heavy atom. The van der Waals surface area contributed by atoms with Crippen molar-refractivity contribution in [3.8, 4) is 0 Å². The quantitative estimate of drug-likeness (QED) is 0.699. The van der Waals surface area contributed by atoms with Crippen LogP contribution in [0.5, 0.6) is 0 Å². The Bertz CT molecular complexity index is 577. The Kier molecular flexibility index (Phi) is 6.20. The van der Waals surface area contributed by atoms with Crippen LogP contribution in [0, 0.1) is 0 Å². The highest BCUT2D eigenvalue weighted by Crippen LogP contribution is 2.25. The van der Waals surface area contributed by atoms with Crippen LogP contribution in [-0.4, -0.2) is 27.9 Å². The van der Waals surface area contributed by atoms with Gasteiger partial charge in [-0.05, 0) is 34.2 Å². The molecule has 0 radical (unpaired) electrons. The summed E-state index contributed by atoms with van der Waals surface area (Å²) in [4.78, 5) is 0. The van der Waals surface area contributed by atoms with Gasteiger partial charge in [-0.1, -0.05) is 77.6 Å². The molecule has 0 spiro atoms. The maximum atomic E-state index is 6.60. The van der Waals surface area contributed by atoms with Crippen LogP contribution < -0.4 is 10.4 Å². The van der Waals surface area contributed by atoms with Crippen molar-refractivity contribution in [2.45, 2.75) is 53.0 Å². The first-order valence-electron chi connectivity index (χ1n) is 8.76. The molecule has 24 heavy (non-hydrogen) atoms. The van der Waals surface area contributed by atoms with Crippen molar-refractivity contribution in [3.05, 3.63) is 60.7 Å². The fourth-order valence-electron chi connectivity index (χ4n) is 3.40. The predicted molar refractivity (Wildman–Crippen MR) is 108 cm³/mol. The molecule has 2 aromatic carbocycles. The molecule has 0 aliphatic rings. The summed E-state index contributed by atoms with van der Waals surface area (Å²) >= 11 is 0. The lowest BCUT2D eigenvalue weighted by atomic mass is 10.4. The first kappa shape index (κ1) is 19.1. The molecule has 130 valence electrons. The molecule has 0 heterocycles. The molecule has 2 nitrogen and oxygen atoms in total. The van der Waals surface area contributed by atoms with Crippen LogP contribution in [0.2, 0.25) is 13.1 Å². The molecule has 0 N–H and O–H groups in total. The highest BCUT2D eigenvalue weighted by atomic mass is 29.3. The van der Waals surface area contributed by atoms with E-state index in [4.69, 9.17) is 8.85 Å². The standard InChI is InChI=1S/C20H30O2Si2/c1-17(2)21-24(6,22-18(3)4)23(5,19-13-9-7-10-14-19)20-15-11-8-12-16-20/h7-18H,1-6H3. The van der Waals surface area contributed by atoms with Crippen LogP contribution in [-0.2, 0) is 8.85 Å². The van der Waals surface area contributed by atoms with Gasteiger partial charge in [0.25, 0.3) is 0 Å². The van der Waals surface area contributed by atoms with Crippen LogP contribution >= 0.6 is 0 Å². The fraction of sp³-hybridized carbons (Fsp3) is 0.400. The third kappa shape index (κ3) is 3.88. The van der Waals surface area contributed by atoms with Crippen LogP contribution in [0.3, 0.4) is 0 Å². The van der Waals surface area contributed by atoms with E-state index in [0.29, 0.717) is 0 Å². The summed E-state index contributed by atoms with van der Waals surface area (Å²) < 4.78 is 13.2. The molecular weight excluding hydrogens is 328 g/mol. The molecule has 0 fully saturated rings. The van der Waals surface area contributed by atoms with Gasteiger partial charge in [0, 0.05) is 12.2 Å². The van der Waals surface area contributed by atoms with Crippen molar-refractivity contribution in [3.63, 3.8) is 0 Å². The van der Waals surface area contributed by atoms with E-state index in [1.807, 2.05) is 0 Å². The minimum absolute atomic E-state index is 0.152. The SMILES string of the molecule is CC(C)O[Si](C)(OC(C)C)[Si](C)(c1ccccc1)c1ccccc1. The van der Waals surface area contributed by atoms with Crippen LogP contribution in [0.25, 0.3) is 0 Å². The summed E-state index contributed by atoms with van der Waals surface area (Å²) in [7, 11) is -4.66. The van der Waals surface area contributed by atoms with Crippen LogP contribution in [0.1, 0.15) is 27.7 Å². The molecule has 2 aromatic rings. The number of hydrogen-bond donors (Lipinski definition) is 0. The van der Waals surface area contributed by atoms with Gasteiger partial charge in [-0.15, -0.1) is 0 Å². The van der Waals surface area contributed by atoms with Gasteiger partial charge in [-0.2, -0.15) is 0 Å². The van der Waals surface area contributed by atoms with Crippen LogP contribution in [0.15, 0.2) is 60.7 Å². The molecular formula is C20H30O2Si2. The first-order chi connectivity index (χ1) is 11.3. The average molecular weight is 359 g/mol. The van der Waals surface area contributed by atoms with E-state index in [9.17, 15) is 0 Å². The fourth-order valence-corrected chi connectivity index (χ4v) is 15.8. The van der Waals surface area contributed by atoms with Crippen molar-refractivity contribution in [2.24, 2.45) is 0 Å². The van der Waals surface area contributed by atoms with Crippen molar-refractivity contribution in [1.82, 2.24) is 0 Å². The van der Waals surface area contributed by atoms with Gasteiger partial charge < -0.3 is 8.85 Å². The van der Waals surface area contributed by atoms with E-state index in [-0.39, 0.29) is 12.2 Å². The molecule has 0 amide bonds. The molecule has 0 saturated heterocycles. The summed E-state index contributed by atoms with van der Waals surface area (Å²) in [6.45, 7) is 13.1. The smallest absolute Gasteiger partial charge is 0.324 e. The monoisotopic (exact) mass is 358 g/mol. The number of rotatable bonds is 7. The van der Waals surface area contributed by atoms with Gasteiger partial charge in [-0.25, -0.2) is 0 Å². The highest BCUT2D eigenvalue weighted by Gasteiger charge is 2.56. The van der Waals surface area contributed by atoms with E-state index < -0.39 is 15.7 Å². The zero-order chi connectivity index (χ0) is 17.8. The van der Waals surface area contributed by atoms with Gasteiger partial charge in [0.2, 0.25) is 0 Å². The normalized spacial score (nSPS) is 12.8. The van der Waals surface area contributed by atoms with Gasteiger partial charge in [0.15, 0.2) is 7.59 Å². The molecule has 2 rings (SSSR count). The molecule has 0 aromatic heterocycles. The summed E-state index contributed by atoms with van der Waals surface area (Å²) in [5, 5.41) is 2.76. The zero-order valence-corrected chi connectivity index (χ0v) is 17.7. The largest absolute Gasteiger partial charge is 0.394 e. The van der Waals surface area contributed by atoms with Crippen molar-refractivity contribution in [1.29, 1.82) is 0 Å². The summed E-state index contributed by atoms with van der Waals surface area (Å²) in [6.07, 6.45) is 0.305. The second-order valence-corrected chi connectivity index (χ2v) is 18.6. The Hall–Kier alpha value is -1.21. The molecule has 0 bridgehead atoms. The van der Waals surface area contributed by atoms with E-state index in [2.05, 4.69) is 101 Å². The van der Waals surface area contributed by atoms with Crippen molar-refractivity contribution in [2.75, 3.05) is 0 Å². The summed E-state index contributed by atoms with van der Waals surface area (Å²) in [5.74, 6) is 0. The molecule has 0 unspecified atom stereocenters. The molecule has 4 heteroatoms.